The Morgan fingerprint density at radius 2 is 1.37 bits per heavy atom. The van der Waals surface area contributed by atoms with Crippen molar-refractivity contribution in [2.24, 2.45) is 4.99 Å². The van der Waals surface area contributed by atoms with Crippen LogP contribution in [0.15, 0.2) is 40.9 Å². The maximum Gasteiger partial charge on any atom is 0.208 e. The number of rotatable bonds is 4. The van der Waals surface area contributed by atoms with Crippen molar-refractivity contribution in [3.05, 3.63) is 52.6 Å². The van der Waals surface area contributed by atoms with Gasteiger partial charge >= 0.3 is 0 Å². The van der Waals surface area contributed by atoms with E-state index in [1.165, 1.54) is 7.05 Å². The lowest BCUT2D eigenvalue weighted by atomic mass is 9.97. The lowest BCUT2D eigenvalue weighted by Crippen LogP contribution is -2.05. The maximum atomic E-state index is 10.1. The summed E-state index contributed by atoms with van der Waals surface area (Å²) in [4.78, 5) is 4.05. The minimum absolute atomic E-state index is 0.189. The SMILES string of the molecule is CC.CN=C(/C(C)=C\Cc1ccccc1C)c1c(O)c(O)c(O)c(O)c1O. The summed E-state index contributed by atoms with van der Waals surface area (Å²) in [5, 5.41) is 49.1. The molecule has 0 unspecified atom stereocenters. The van der Waals surface area contributed by atoms with Crippen molar-refractivity contribution in [1.82, 2.24) is 0 Å². The van der Waals surface area contributed by atoms with Gasteiger partial charge in [0.05, 0.1) is 11.3 Å². The molecule has 146 valence electrons. The molecule has 0 spiro atoms. The van der Waals surface area contributed by atoms with E-state index in [1.807, 2.05) is 51.1 Å². The molecule has 0 bridgehead atoms. The Balaban J connectivity index is 0.00000176. The number of benzene rings is 2. The molecule has 0 heterocycles. The molecule has 5 N–H and O–H groups in total. The average molecular weight is 373 g/mol. The van der Waals surface area contributed by atoms with Crippen LogP contribution in [0.25, 0.3) is 0 Å². The van der Waals surface area contributed by atoms with Crippen molar-refractivity contribution in [3.63, 3.8) is 0 Å². The minimum Gasteiger partial charge on any atom is -0.504 e. The van der Waals surface area contributed by atoms with Crippen molar-refractivity contribution in [2.75, 3.05) is 7.05 Å². The highest BCUT2D eigenvalue weighted by molar-refractivity contribution is 6.16. The Bertz CT molecular complexity index is 840. The van der Waals surface area contributed by atoms with Crippen molar-refractivity contribution in [1.29, 1.82) is 0 Å². The van der Waals surface area contributed by atoms with E-state index >= 15 is 0 Å². The van der Waals surface area contributed by atoms with Crippen LogP contribution in [0.5, 0.6) is 28.7 Å². The van der Waals surface area contributed by atoms with E-state index in [0.717, 1.165) is 11.1 Å². The molecule has 2 aromatic rings. The normalized spacial score (nSPS) is 11.7. The number of nitrogens with zero attached hydrogens (tertiary/aromatic N) is 1. The number of aliphatic imine (C=N–C) groups is 1. The molecule has 0 aliphatic rings. The molecule has 0 saturated carbocycles. The van der Waals surface area contributed by atoms with Gasteiger partial charge in [0.1, 0.15) is 0 Å². The second-order valence-corrected chi connectivity index (χ2v) is 5.71. The molecular formula is C21H27NO5. The van der Waals surface area contributed by atoms with E-state index in [9.17, 15) is 25.5 Å². The third-order valence-corrected chi connectivity index (χ3v) is 4.09. The fraction of sp³-hybridized carbons (Fsp3) is 0.286. The predicted molar refractivity (Wildman–Crippen MR) is 107 cm³/mol. The first-order valence-corrected chi connectivity index (χ1v) is 8.67. The van der Waals surface area contributed by atoms with Gasteiger partial charge in [-0.3, -0.25) is 4.99 Å². The fourth-order valence-corrected chi connectivity index (χ4v) is 2.59. The lowest BCUT2D eigenvalue weighted by molar-refractivity contribution is 0.327. The van der Waals surface area contributed by atoms with Gasteiger partial charge in [-0.1, -0.05) is 44.2 Å². The summed E-state index contributed by atoms with van der Waals surface area (Å²) in [6, 6.07) is 7.89. The van der Waals surface area contributed by atoms with Gasteiger partial charge < -0.3 is 25.5 Å². The molecule has 0 amide bonds. The molecule has 0 aliphatic heterocycles. The summed E-state index contributed by atoms with van der Waals surface area (Å²) in [6.45, 7) is 7.74. The van der Waals surface area contributed by atoms with Crippen molar-refractivity contribution in [2.45, 2.75) is 34.1 Å². The molecular weight excluding hydrogens is 346 g/mol. The smallest absolute Gasteiger partial charge is 0.208 e. The van der Waals surface area contributed by atoms with E-state index in [0.29, 0.717) is 12.0 Å². The Labute approximate surface area is 159 Å². The molecule has 0 radical (unpaired) electrons. The van der Waals surface area contributed by atoms with Crippen LogP contribution in [-0.4, -0.2) is 38.3 Å². The lowest BCUT2D eigenvalue weighted by Gasteiger charge is -2.14. The summed E-state index contributed by atoms with van der Waals surface area (Å²) < 4.78 is 0. The van der Waals surface area contributed by atoms with Crippen LogP contribution < -0.4 is 0 Å². The van der Waals surface area contributed by atoms with E-state index in [2.05, 4.69) is 4.99 Å². The Kier molecular flexibility index (Phi) is 7.72. The van der Waals surface area contributed by atoms with Gasteiger partial charge in [0.25, 0.3) is 0 Å². The van der Waals surface area contributed by atoms with Gasteiger partial charge in [-0.25, -0.2) is 0 Å². The highest BCUT2D eigenvalue weighted by Crippen LogP contribution is 2.51. The third-order valence-electron chi connectivity index (χ3n) is 4.09. The number of phenols is 5. The maximum absolute atomic E-state index is 10.1. The summed E-state index contributed by atoms with van der Waals surface area (Å²) in [5.41, 5.74) is 2.82. The third kappa shape index (κ3) is 4.53. The quantitative estimate of drug-likeness (QED) is 0.314. The standard InChI is InChI=1S/C19H21NO5.C2H6/c1-10-6-4-5-7-12(10)9-8-11(2)14(20-3)13-15(21)17(23)19(25)18(24)16(13)22;1-2/h4-8,21-25H,9H2,1-3H3;1-2H3/b11-8-,20-14?;. The van der Waals surface area contributed by atoms with E-state index in [-0.39, 0.29) is 11.3 Å². The molecule has 0 aliphatic carbocycles. The monoisotopic (exact) mass is 373 g/mol. The summed E-state index contributed by atoms with van der Waals surface area (Å²) >= 11 is 0. The second-order valence-electron chi connectivity index (χ2n) is 5.71. The zero-order valence-corrected chi connectivity index (χ0v) is 16.3. The van der Waals surface area contributed by atoms with Crippen LogP contribution in [-0.2, 0) is 6.42 Å². The predicted octanol–water partition coefficient (Wildman–Crippen LogP) is 4.16. The van der Waals surface area contributed by atoms with Crippen LogP contribution in [0.2, 0.25) is 0 Å². The molecule has 6 nitrogen and oxygen atoms in total. The summed E-state index contributed by atoms with van der Waals surface area (Å²) in [5.74, 6) is -4.33. The molecule has 0 saturated heterocycles. The molecule has 0 aromatic heterocycles. The summed E-state index contributed by atoms with van der Waals surface area (Å²) in [7, 11) is 1.46. The van der Waals surface area contributed by atoms with E-state index in [4.69, 9.17) is 0 Å². The zero-order valence-electron chi connectivity index (χ0n) is 16.3. The fourth-order valence-electron chi connectivity index (χ4n) is 2.59. The average Bonchev–Trinajstić information content (AvgIpc) is 2.68. The summed E-state index contributed by atoms with van der Waals surface area (Å²) in [6.07, 6.45) is 2.47. The number of phenolic OH excluding ortho intramolecular Hbond substituents is 5. The minimum atomic E-state index is -0.990. The Morgan fingerprint density at radius 1 is 0.889 bits per heavy atom. The van der Waals surface area contributed by atoms with Crippen LogP contribution in [0.1, 0.15) is 37.5 Å². The number of hydrogen-bond acceptors (Lipinski definition) is 6. The van der Waals surface area contributed by atoms with Gasteiger partial charge in [0.2, 0.25) is 17.2 Å². The van der Waals surface area contributed by atoms with E-state index in [1.54, 1.807) is 6.92 Å². The number of hydrogen-bond donors (Lipinski definition) is 5. The number of aromatic hydroxyl groups is 5. The largest absolute Gasteiger partial charge is 0.504 e. The first-order valence-electron chi connectivity index (χ1n) is 8.67. The van der Waals surface area contributed by atoms with Crippen molar-refractivity contribution < 1.29 is 25.5 Å². The highest BCUT2D eigenvalue weighted by Gasteiger charge is 2.26. The van der Waals surface area contributed by atoms with Crippen molar-refractivity contribution >= 4 is 5.71 Å². The molecule has 27 heavy (non-hydrogen) atoms. The van der Waals surface area contributed by atoms with Gasteiger partial charge in [-0.2, -0.15) is 0 Å². The Hall–Kier alpha value is -3.15. The molecule has 2 aromatic carbocycles. The van der Waals surface area contributed by atoms with Crippen LogP contribution in [0.4, 0.5) is 0 Å². The second kappa shape index (κ2) is 9.52. The van der Waals surface area contributed by atoms with Gasteiger partial charge in [0, 0.05) is 7.05 Å². The molecule has 0 fully saturated rings. The van der Waals surface area contributed by atoms with Crippen molar-refractivity contribution in [3.8, 4) is 28.7 Å². The van der Waals surface area contributed by atoms with Crippen LogP contribution in [0, 0.1) is 6.92 Å². The highest BCUT2D eigenvalue weighted by atomic mass is 16.4. The van der Waals surface area contributed by atoms with Crippen LogP contribution in [0.3, 0.4) is 0 Å². The topological polar surface area (TPSA) is 114 Å². The number of allylic oxidation sites excluding steroid dienone is 2. The molecule has 0 atom stereocenters. The molecule has 2 rings (SSSR count). The number of aryl methyl sites for hydroxylation is 1. The Morgan fingerprint density at radius 3 is 1.85 bits per heavy atom. The zero-order chi connectivity index (χ0) is 20.7. The van der Waals surface area contributed by atoms with Crippen LogP contribution >= 0.6 is 0 Å². The van der Waals surface area contributed by atoms with Gasteiger partial charge in [0.15, 0.2) is 11.5 Å². The first kappa shape index (κ1) is 21.9. The molecule has 6 heteroatoms. The van der Waals surface area contributed by atoms with Gasteiger partial charge in [-0.15, -0.1) is 0 Å². The van der Waals surface area contributed by atoms with Gasteiger partial charge in [-0.05, 0) is 37.0 Å². The first-order chi connectivity index (χ1) is 12.8. The van der Waals surface area contributed by atoms with E-state index < -0.39 is 28.7 Å².